The predicted octanol–water partition coefficient (Wildman–Crippen LogP) is 17.0. The first-order valence-electron chi connectivity index (χ1n) is 20.9. The molecule has 3 nitrogen and oxygen atoms in total. The van der Waals surface area contributed by atoms with Gasteiger partial charge in [0.25, 0.3) is 0 Å². The maximum absolute atomic E-state index is 7.02. The third-order valence-electron chi connectivity index (χ3n) is 13.1. The fraction of sp³-hybridized carbons (Fsp3) is 0.0526. The first-order valence-corrected chi connectivity index (χ1v) is 21.7. The summed E-state index contributed by atoms with van der Waals surface area (Å²) in [5, 5.41) is 6.82. The fourth-order valence-electron chi connectivity index (χ4n) is 10.2. The maximum Gasteiger partial charge on any atom is 0.159 e. The monoisotopic (exact) mass is 799 g/mol. The van der Waals surface area contributed by atoms with Crippen LogP contribution in [0.2, 0.25) is 0 Å². The van der Waals surface area contributed by atoms with E-state index in [9.17, 15) is 0 Å². The Labute approximate surface area is 356 Å². The molecule has 9 aromatic carbocycles. The van der Waals surface area contributed by atoms with Gasteiger partial charge in [0.15, 0.2) is 5.58 Å². The van der Waals surface area contributed by atoms with Gasteiger partial charge >= 0.3 is 0 Å². The van der Waals surface area contributed by atoms with E-state index in [-0.39, 0.29) is 5.41 Å². The Morgan fingerprint density at radius 1 is 0.410 bits per heavy atom. The minimum atomic E-state index is -0.151. The zero-order valence-corrected chi connectivity index (χ0v) is 34.4. The van der Waals surface area contributed by atoms with Crippen molar-refractivity contribution in [3.63, 3.8) is 0 Å². The third kappa shape index (κ3) is 5.03. The molecule has 3 aromatic heterocycles. The summed E-state index contributed by atoms with van der Waals surface area (Å²) in [4.78, 5) is 2.38. The van der Waals surface area contributed by atoms with Gasteiger partial charge in [0.05, 0.1) is 5.69 Å². The minimum absolute atomic E-state index is 0.151. The molecule has 288 valence electrons. The van der Waals surface area contributed by atoms with E-state index in [0.29, 0.717) is 0 Å². The third-order valence-corrected chi connectivity index (χ3v) is 14.2. The van der Waals surface area contributed by atoms with Crippen molar-refractivity contribution in [3.8, 4) is 33.4 Å². The van der Waals surface area contributed by atoms with Crippen molar-refractivity contribution in [3.05, 3.63) is 199 Å². The Balaban J connectivity index is 1.000. The molecular formula is C57H37NO2S. The van der Waals surface area contributed by atoms with Crippen molar-refractivity contribution in [1.82, 2.24) is 0 Å². The summed E-state index contributed by atoms with van der Waals surface area (Å²) in [5.41, 5.74) is 16.3. The van der Waals surface area contributed by atoms with Crippen molar-refractivity contribution >= 4 is 92.4 Å². The van der Waals surface area contributed by atoms with E-state index in [1.807, 2.05) is 17.4 Å². The highest BCUT2D eigenvalue weighted by molar-refractivity contribution is 7.25. The fourth-order valence-corrected chi connectivity index (χ4v) is 11.3. The molecule has 0 fully saturated rings. The second-order valence-corrected chi connectivity index (χ2v) is 17.9. The number of rotatable bonds is 5. The minimum Gasteiger partial charge on any atom is -0.455 e. The summed E-state index contributed by atoms with van der Waals surface area (Å²) >= 11 is 1.86. The maximum atomic E-state index is 7.02. The molecular weight excluding hydrogens is 763 g/mol. The van der Waals surface area contributed by atoms with Gasteiger partial charge in [-0.05, 0) is 93.5 Å². The van der Waals surface area contributed by atoms with E-state index in [2.05, 4.69) is 201 Å². The molecule has 0 saturated heterocycles. The van der Waals surface area contributed by atoms with Crippen LogP contribution < -0.4 is 4.90 Å². The summed E-state index contributed by atoms with van der Waals surface area (Å²) < 4.78 is 16.4. The van der Waals surface area contributed by atoms with Gasteiger partial charge in [0.1, 0.15) is 16.7 Å². The second kappa shape index (κ2) is 12.8. The summed E-state index contributed by atoms with van der Waals surface area (Å²) in [6.07, 6.45) is 0. The van der Waals surface area contributed by atoms with Crippen molar-refractivity contribution in [2.24, 2.45) is 0 Å². The van der Waals surface area contributed by atoms with Crippen LogP contribution in [0.5, 0.6) is 0 Å². The predicted molar refractivity (Wildman–Crippen MR) is 257 cm³/mol. The molecule has 0 N–H and O–H groups in total. The van der Waals surface area contributed by atoms with Crippen LogP contribution in [0.25, 0.3) is 97.4 Å². The Morgan fingerprint density at radius 3 is 1.84 bits per heavy atom. The summed E-state index contributed by atoms with van der Waals surface area (Å²) in [7, 11) is 0. The quantitative estimate of drug-likeness (QED) is 0.174. The molecule has 0 spiro atoms. The highest BCUT2D eigenvalue weighted by Crippen LogP contribution is 2.52. The van der Waals surface area contributed by atoms with Gasteiger partial charge in [-0.1, -0.05) is 147 Å². The number of anilines is 3. The van der Waals surface area contributed by atoms with Crippen LogP contribution in [0, 0.1) is 0 Å². The summed E-state index contributed by atoms with van der Waals surface area (Å²) in [6, 6.07) is 68.0. The number of thiophene rings is 1. The van der Waals surface area contributed by atoms with Gasteiger partial charge < -0.3 is 13.7 Å². The standard InChI is InChI=1S/C57H37NO2S/c1-57(2)47-21-8-6-15-40(47)41-30-29-37(31-48(41)57)58(36-27-25-35(26-28-36)38-17-12-24-53-54(38)44-16-7-9-23-52(44)61-53)49-22-11-20-43-46-33-50-45(32-51(46)60-56(43)49)42-19-10-18-39(55(42)59-50)34-13-4-3-5-14-34/h3-33H,1-2H3. The van der Waals surface area contributed by atoms with Crippen molar-refractivity contribution < 1.29 is 8.83 Å². The number of para-hydroxylation sites is 2. The van der Waals surface area contributed by atoms with Crippen molar-refractivity contribution in [2.45, 2.75) is 19.3 Å². The first kappa shape index (κ1) is 34.5. The number of benzene rings is 9. The highest BCUT2D eigenvalue weighted by atomic mass is 32.1. The van der Waals surface area contributed by atoms with Gasteiger partial charge in [-0.2, -0.15) is 0 Å². The van der Waals surface area contributed by atoms with Crippen LogP contribution in [0.4, 0.5) is 17.1 Å². The van der Waals surface area contributed by atoms with Crippen LogP contribution in [-0.2, 0) is 5.41 Å². The van der Waals surface area contributed by atoms with Gasteiger partial charge in [-0.15, -0.1) is 11.3 Å². The number of fused-ring (bicyclic) bond motifs is 12. The van der Waals surface area contributed by atoms with Crippen LogP contribution in [0.3, 0.4) is 0 Å². The topological polar surface area (TPSA) is 29.5 Å². The second-order valence-electron chi connectivity index (χ2n) is 16.8. The van der Waals surface area contributed by atoms with Crippen LogP contribution >= 0.6 is 11.3 Å². The van der Waals surface area contributed by atoms with Gasteiger partial charge in [0.2, 0.25) is 0 Å². The molecule has 13 rings (SSSR count). The van der Waals surface area contributed by atoms with E-state index in [4.69, 9.17) is 8.83 Å². The Hall–Kier alpha value is -7.40. The zero-order chi connectivity index (χ0) is 40.4. The van der Waals surface area contributed by atoms with Gasteiger partial charge in [-0.3, -0.25) is 0 Å². The molecule has 0 aliphatic heterocycles. The zero-order valence-electron chi connectivity index (χ0n) is 33.6. The number of nitrogens with zero attached hydrogens (tertiary/aromatic N) is 1. The number of furan rings is 2. The largest absolute Gasteiger partial charge is 0.455 e. The lowest BCUT2D eigenvalue weighted by Crippen LogP contribution is -2.16. The smallest absolute Gasteiger partial charge is 0.159 e. The van der Waals surface area contributed by atoms with Gasteiger partial charge in [0, 0.05) is 64.1 Å². The average molecular weight is 800 g/mol. The molecule has 3 heterocycles. The van der Waals surface area contributed by atoms with Crippen LogP contribution in [0.1, 0.15) is 25.0 Å². The highest BCUT2D eigenvalue weighted by Gasteiger charge is 2.36. The Morgan fingerprint density at radius 2 is 1.00 bits per heavy atom. The number of hydrogen-bond acceptors (Lipinski definition) is 4. The van der Waals surface area contributed by atoms with Crippen molar-refractivity contribution in [2.75, 3.05) is 4.90 Å². The van der Waals surface area contributed by atoms with Crippen LogP contribution in [-0.4, -0.2) is 0 Å². The Bertz CT molecular complexity index is 3740. The van der Waals surface area contributed by atoms with E-state index in [1.165, 1.54) is 53.6 Å². The molecule has 0 atom stereocenters. The molecule has 0 unspecified atom stereocenters. The van der Waals surface area contributed by atoms with E-state index in [1.54, 1.807) is 0 Å². The van der Waals surface area contributed by atoms with Gasteiger partial charge in [-0.25, -0.2) is 0 Å². The molecule has 0 bridgehead atoms. The summed E-state index contributed by atoms with van der Waals surface area (Å²) in [5.74, 6) is 0. The first-order chi connectivity index (χ1) is 30.0. The molecule has 1 aliphatic rings. The lowest BCUT2D eigenvalue weighted by Gasteiger charge is -2.28. The lowest BCUT2D eigenvalue weighted by atomic mass is 9.82. The van der Waals surface area contributed by atoms with Crippen LogP contribution in [0.15, 0.2) is 197 Å². The molecule has 12 aromatic rings. The molecule has 0 amide bonds. The molecule has 1 aliphatic carbocycles. The van der Waals surface area contributed by atoms with E-state index >= 15 is 0 Å². The van der Waals surface area contributed by atoms with E-state index < -0.39 is 0 Å². The summed E-state index contributed by atoms with van der Waals surface area (Å²) in [6.45, 7) is 4.69. The Kier molecular flexibility index (Phi) is 7.23. The lowest BCUT2D eigenvalue weighted by molar-refractivity contribution is 0.660. The van der Waals surface area contributed by atoms with E-state index in [0.717, 1.165) is 72.1 Å². The number of hydrogen-bond donors (Lipinski definition) is 0. The normalized spacial score (nSPS) is 13.2. The average Bonchev–Trinajstić information content (AvgIpc) is 4.04. The molecule has 0 radical (unpaired) electrons. The molecule has 4 heteroatoms. The molecule has 0 saturated carbocycles. The SMILES string of the molecule is CC1(C)c2ccccc2-c2ccc(N(c3ccc(-c4cccc5sc6ccccc6c45)cc3)c3cccc4c3oc3cc5c(cc34)oc3c(-c4ccccc4)cccc35)cc21. The van der Waals surface area contributed by atoms with Crippen molar-refractivity contribution in [1.29, 1.82) is 0 Å². The molecule has 61 heavy (non-hydrogen) atoms.